The Hall–Kier alpha value is -1.88. The summed E-state index contributed by atoms with van der Waals surface area (Å²) in [5.74, 6) is -1.45. The largest absolute Gasteiger partial charge is 0.481 e. The minimum atomic E-state index is -0.833. The second-order valence-electron chi connectivity index (χ2n) is 5.21. The van der Waals surface area contributed by atoms with E-state index in [1.165, 1.54) is 0 Å². The lowest BCUT2D eigenvalue weighted by molar-refractivity contribution is -0.150. The number of likely N-dealkylation sites (tertiary alicyclic amines) is 1. The van der Waals surface area contributed by atoms with Crippen LogP contribution in [-0.2, 0) is 14.3 Å². The van der Waals surface area contributed by atoms with Gasteiger partial charge in [0.25, 0.3) is 5.91 Å². The second kappa shape index (κ2) is 7.22. The summed E-state index contributed by atoms with van der Waals surface area (Å²) in [5.41, 5.74) is 0.807. The fourth-order valence-corrected chi connectivity index (χ4v) is 2.65. The molecule has 1 saturated heterocycles. The van der Waals surface area contributed by atoms with E-state index in [2.05, 4.69) is 0 Å². The van der Waals surface area contributed by atoms with Gasteiger partial charge in [0, 0.05) is 19.7 Å². The summed E-state index contributed by atoms with van der Waals surface area (Å²) in [7, 11) is 0. The summed E-state index contributed by atoms with van der Waals surface area (Å²) in [5, 5.41) is 9.13. The van der Waals surface area contributed by atoms with Crippen LogP contribution in [0.15, 0.2) is 30.3 Å². The van der Waals surface area contributed by atoms with Crippen molar-refractivity contribution in [3.8, 4) is 0 Å². The van der Waals surface area contributed by atoms with E-state index < -0.39 is 18.0 Å². The predicted octanol–water partition coefficient (Wildman–Crippen LogP) is 2.09. The minimum absolute atomic E-state index is 0.144. The van der Waals surface area contributed by atoms with E-state index in [9.17, 15) is 9.59 Å². The van der Waals surface area contributed by atoms with Gasteiger partial charge in [-0.25, -0.2) is 0 Å². The van der Waals surface area contributed by atoms with E-state index >= 15 is 0 Å². The van der Waals surface area contributed by atoms with Crippen LogP contribution in [0.5, 0.6) is 0 Å². The van der Waals surface area contributed by atoms with Crippen molar-refractivity contribution in [2.24, 2.45) is 5.92 Å². The maximum absolute atomic E-state index is 12.7. The number of aliphatic carboxylic acids is 1. The quantitative estimate of drug-likeness (QED) is 0.902. The summed E-state index contributed by atoms with van der Waals surface area (Å²) in [4.78, 5) is 25.4. The highest BCUT2D eigenvalue weighted by Crippen LogP contribution is 2.24. The molecule has 5 nitrogen and oxygen atoms in total. The first-order chi connectivity index (χ1) is 10.1. The maximum Gasteiger partial charge on any atom is 0.308 e. The number of carboxylic acid groups (broad SMARTS) is 1. The predicted molar refractivity (Wildman–Crippen MR) is 77.7 cm³/mol. The Morgan fingerprint density at radius 1 is 1.38 bits per heavy atom. The van der Waals surface area contributed by atoms with Crippen LogP contribution in [0.4, 0.5) is 0 Å². The summed E-state index contributed by atoms with van der Waals surface area (Å²) in [6.07, 6.45) is 0.698. The van der Waals surface area contributed by atoms with Crippen molar-refractivity contribution in [2.75, 3.05) is 19.7 Å². The molecular formula is C16H21NO4. The summed E-state index contributed by atoms with van der Waals surface area (Å²) < 4.78 is 5.60. The number of carbonyl (C=O) groups excluding carboxylic acids is 1. The molecule has 5 heteroatoms. The van der Waals surface area contributed by atoms with Crippen molar-refractivity contribution in [1.82, 2.24) is 4.90 Å². The molecule has 0 radical (unpaired) electrons. The molecule has 0 saturated carbocycles. The number of amides is 1. The number of piperidine rings is 1. The van der Waals surface area contributed by atoms with Crippen LogP contribution in [0.1, 0.15) is 31.4 Å². The smallest absolute Gasteiger partial charge is 0.308 e. The van der Waals surface area contributed by atoms with Gasteiger partial charge < -0.3 is 14.7 Å². The zero-order valence-electron chi connectivity index (χ0n) is 12.2. The van der Waals surface area contributed by atoms with Crippen LogP contribution in [0.25, 0.3) is 0 Å². The molecule has 1 heterocycles. The van der Waals surface area contributed by atoms with E-state index in [4.69, 9.17) is 9.84 Å². The van der Waals surface area contributed by atoms with E-state index in [1.807, 2.05) is 37.3 Å². The molecule has 0 aliphatic carbocycles. The lowest BCUT2D eigenvalue weighted by Gasteiger charge is -2.33. The van der Waals surface area contributed by atoms with E-state index in [0.717, 1.165) is 12.0 Å². The third kappa shape index (κ3) is 3.82. The SMILES string of the molecule is CCOC(C(=O)N1CCC[C@@H](C(=O)O)C1)c1ccccc1. The lowest BCUT2D eigenvalue weighted by atomic mass is 9.97. The highest BCUT2D eigenvalue weighted by Gasteiger charge is 2.32. The van der Waals surface area contributed by atoms with Gasteiger partial charge in [0.2, 0.25) is 0 Å². The number of nitrogens with zero attached hydrogens (tertiary/aromatic N) is 1. The Morgan fingerprint density at radius 3 is 2.71 bits per heavy atom. The van der Waals surface area contributed by atoms with E-state index in [1.54, 1.807) is 4.90 Å². The summed E-state index contributed by atoms with van der Waals surface area (Å²) in [6, 6.07) is 9.34. The average molecular weight is 291 g/mol. The van der Waals surface area contributed by atoms with Crippen LogP contribution in [0.2, 0.25) is 0 Å². The van der Waals surface area contributed by atoms with Crippen LogP contribution in [-0.4, -0.2) is 41.6 Å². The number of rotatable bonds is 5. The molecule has 1 unspecified atom stereocenters. The number of hydrogen-bond acceptors (Lipinski definition) is 3. The fourth-order valence-electron chi connectivity index (χ4n) is 2.65. The molecule has 0 bridgehead atoms. The third-order valence-electron chi connectivity index (χ3n) is 3.74. The lowest BCUT2D eigenvalue weighted by Crippen LogP contribution is -2.44. The number of hydrogen-bond donors (Lipinski definition) is 1. The van der Waals surface area contributed by atoms with Crippen molar-refractivity contribution < 1.29 is 19.4 Å². The standard InChI is InChI=1S/C16H21NO4/c1-2-21-14(12-7-4-3-5-8-12)15(18)17-10-6-9-13(11-17)16(19)20/h3-5,7-8,13-14H,2,6,9-11H2,1H3,(H,19,20)/t13-,14?/m1/s1. The molecule has 2 atom stereocenters. The van der Waals surface area contributed by atoms with Crippen LogP contribution in [0.3, 0.4) is 0 Å². The van der Waals surface area contributed by atoms with E-state index in [-0.39, 0.29) is 12.5 Å². The molecule has 0 aromatic heterocycles. The number of ether oxygens (including phenoxy) is 1. The number of benzene rings is 1. The van der Waals surface area contributed by atoms with E-state index in [0.29, 0.717) is 19.6 Å². The first-order valence-corrected chi connectivity index (χ1v) is 7.31. The Kier molecular flexibility index (Phi) is 5.33. The zero-order valence-corrected chi connectivity index (χ0v) is 12.2. The summed E-state index contributed by atoms with van der Waals surface area (Å²) >= 11 is 0. The van der Waals surface area contributed by atoms with Gasteiger partial charge in [0.15, 0.2) is 6.10 Å². The monoisotopic (exact) mass is 291 g/mol. The fraction of sp³-hybridized carbons (Fsp3) is 0.500. The van der Waals surface area contributed by atoms with Crippen molar-refractivity contribution in [1.29, 1.82) is 0 Å². The Balaban J connectivity index is 2.13. The van der Waals surface area contributed by atoms with Gasteiger partial charge in [-0.2, -0.15) is 0 Å². The molecule has 2 rings (SSSR count). The number of carbonyl (C=O) groups is 2. The second-order valence-corrected chi connectivity index (χ2v) is 5.21. The normalized spacial score (nSPS) is 20.0. The Bertz CT molecular complexity index is 488. The molecule has 1 fully saturated rings. The van der Waals surface area contributed by atoms with Crippen molar-refractivity contribution in [2.45, 2.75) is 25.9 Å². The molecule has 1 aromatic rings. The molecule has 21 heavy (non-hydrogen) atoms. The average Bonchev–Trinajstić information content (AvgIpc) is 2.53. The first kappa shape index (κ1) is 15.5. The number of carboxylic acids is 1. The molecule has 1 aliphatic heterocycles. The van der Waals surface area contributed by atoms with Crippen LogP contribution >= 0.6 is 0 Å². The molecule has 0 spiro atoms. The van der Waals surface area contributed by atoms with Gasteiger partial charge in [-0.3, -0.25) is 9.59 Å². The van der Waals surface area contributed by atoms with Crippen molar-refractivity contribution in [3.05, 3.63) is 35.9 Å². The van der Waals surface area contributed by atoms with Gasteiger partial charge in [0.05, 0.1) is 5.92 Å². The topological polar surface area (TPSA) is 66.8 Å². The highest BCUT2D eigenvalue weighted by molar-refractivity contribution is 5.83. The van der Waals surface area contributed by atoms with Gasteiger partial charge in [-0.1, -0.05) is 30.3 Å². The summed E-state index contributed by atoms with van der Waals surface area (Å²) in [6.45, 7) is 3.14. The van der Waals surface area contributed by atoms with Crippen LogP contribution in [0, 0.1) is 5.92 Å². The molecule has 1 N–H and O–H groups in total. The molecule has 1 aliphatic rings. The molecule has 1 amide bonds. The van der Waals surface area contributed by atoms with Gasteiger partial charge >= 0.3 is 5.97 Å². The maximum atomic E-state index is 12.7. The molecule has 114 valence electrons. The molecular weight excluding hydrogens is 270 g/mol. The van der Waals surface area contributed by atoms with Gasteiger partial charge in [0.1, 0.15) is 0 Å². The Labute approximate surface area is 124 Å². The zero-order chi connectivity index (χ0) is 15.2. The molecule has 1 aromatic carbocycles. The highest BCUT2D eigenvalue weighted by atomic mass is 16.5. The van der Waals surface area contributed by atoms with Crippen LogP contribution < -0.4 is 0 Å². The first-order valence-electron chi connectivity index (χ1n) is 7.31. The van der Waals surface area contributed by atoms with Gasteiger partial charge in [-0.05, 0) is 25.3 Å². The third-order valence-corrected chi connectivity index (χ3v) is 3.74. The van der Waals surface area contributed by atoms with Crippen molar-refractivity contribution >= 4 is 11.9 Å². The Morgan fingerprint density at radius 2 is 2.10 bits per heavy atom. The minimum Gasteiger partial charge on any atom is -0.481 e. The van der Waals surface area contributed by atoms with Gasteiger partial charge in [-0.15, -0.1) is 0 Å². The van der Waals surface area contributed by atoms with Crippen molar-refractivity contribution in [3.63, 3.8) is 0 Å².